The maximum atomic E-state index is 13.3. The highest BCUT2D eigenvalue weighted by molar-refractivity contribution is 6.08. The molecule has 3 atom stereocenters. The van der Waals surface area contributed by atoms with Gasteiger partial charge in [0.25, 0.3) is 5.91 Å². The number of ether oxygens (including phenoxy) is 1. The average Bonchev–Trinajstić information content (AvgIpc) is 3.23. The van der Waals surface area contributed by atoms with E-state index in [1.165, 1.54) is 4.90 Å². The zero-order valence-corrected chi connectivity index (χ0v) is 18.4. The maximum absolute atomic E-state index is 13.3. The summed E-state index contributed by atoms with van der Waals surface area (Å²) in [5.74, 6) is -0.457. The molecule has 0 spiro atoms. The summed E-state index contributed by atoms with van der Waals surface area (Å²) in [6.45, 7) is 5.64. The first-order valence-corrected chi connectivity index (χ1v) is 10.6. The van der Waals surface area contributed by atoms with E-state index in [1.807, 2.05) is 75.4 Å². The molecule has 2 saturated heterocycles. The largest absolute Gasteiger partial charge is 0.457 e. The van der Waals surface area contributed by atoms with E-state index in [-0.39, 0.29) is 24.8 Å². The number of nitrogens with zero attached hydrogens (tertiary/aromatic N) is 2. The molecule has 2 fully saturated rings. The molecular weight excluding hydrogens is 410 g/mol. The Kier molecular flexibility index (Phi) is 5.75. The van der Waals surface area contributed by atoms with Crippen molar-refractivity contribution in [2.24, 2.45) is 11.7 Å². The van der Waals surface area contributed by atoms with Crippen molar-refractivity contribution in [1.82, 2.24) is 9.96 Å². The molecule has 0 bridgehead atoms. The molecule has 2 N–H and O–H groups in total. The van der Waals surface area contributed by atoms with Gasteiger partial charge in [-0.15, -0.1) is 0 Å². The molecule has 0 saturated carbocycles. The van der Waals surface area contributed by atoms with Crippen LogP contribution in [0.2, 0.25) is 0 Å². The highest BCUT2D eigenvalue weighted by Crippen LogP contribution is 2.46. The third kappa shape index (κ3) is 4.11. The standard InChI is InChI=1S/C24H27N3O5/c1-24(2,3)27-22(29)19-20(26(14-13-18(25)28)32-21(19)23(27)30)15-9-11-17(12-10-15)31-16-7-5-4-6-8-16/h4-12,19-21H,13-14H2,1-3H3,(H2,25,28). The highest BCUT2D eigenvalue weighted by atomic mass is 16.7. The molecule has 2 aromatic carbocycles. The van der Waals surface area contributed by atoms with Crippen molar-refractivity contribution in [3.8, 4) is 11.5 Å². The molecule has 2 heterocycles. The fraction of sp³-hybridized carbons (Fsp3) is 0.375. The first-order chi connectivity index (χ1) is 15.2. The van der Waals surface area contributed by atoms with E-state index in [0.717, 1.165) is 5.56 Å². The normalized spacial score (nSPS) is 23.5. The lowest BCUT2D eigenvalue weighted by Crippen LogP contribution is -2.48. The van der Waals surface area contributed by atoms with E-state index < -0.39 is 29.5 Å². The van der Waals surface area contributed by atoms with Gasteiger partial charge < -0.3 is 10.5 Å². The van der Waals surface area contributed by atoms with Crippen molar-refractivity contribution in [2.75, 3.05) is 6.54 Å². The van der Waals surface area contributed by atoms with Crippen molar-refractivity contribution < 1.29 is 24.0 Å². The number of imide groups is 1. The number of amides is 3. The second-order valence-electron chi connectivity index (χ2n) is 9.02. The minimum absolute atomic E-state index is 0.0521. The van der Waals surface area contributed by atoms with Gasteiger partial charge in [-0.25, -0.2) is 0 Å². The predicted molar refractivity (Wildman–Crippen MR) is 116 cm³/mol. The van der Waals surface area contributed by atoms with Gasteiger partial charge in [0, 0.05) is 18.5 Å². The van der Waals surface area contributed by atoms with Gasteiger partial charge in [0.1, 0.15) is 11.5 Å². The van der Waals surface area contributed by atoms with Gasteiger partial charge in [0.2, 0.25) is 11.8 Å². The number of fused-ring (bicyclic) bond motifs is 1. The van der Waals surface area contributed by atoms with Crippen LogP contribution in [0, 0.1) is 5.92 Å². The molecule has 8 heteroatoms. The smallest absolute Gasteiger partial charge is 0.261 e. The molecule has 0 aromatic heterocycles. The maximum Gasteiger partial charge on any atom is 0.261 e. The van der Waals surface area contributed by atoms with Crippen molar-refractivity contribution in [2.45, 2.75) is 44.9 Å². The SMILES string of the molecule is CC(C)(C)N1C(=O)C2ON(CCC(N)=O)C(c3ccc(Oc4ccccc4)cc3)C2C1=O. The summed E-state index contributed by atoms with van der Waals surface area (Å²) >= 11 is 0. The van der Waals surface area contributed by atoms with Crippen LogP contribution in [0.4, 0.5) is 0 Å². The van der Waals surface area contributed by atoms with Crippen molar-refractivity contribution >= 4 is 17.7 Å². The number of para-hydroxylation sites is 1. The van der Waals surface area contributed by atoms with Crippen molar-refractivity contribution in [3.05, 3.63) is 60.2 Å². The Morgan fingerprint density at radius 3 is 2.22 bits per heavy atom. The number of nitrogens with two attached hydrogens (primary N) is 1. The van der Waals surface area contributed by atoms with E-state index in [1.54, 1.807) is 5.06 Å². The van der Waals surface area contributed by atoms with Gasteiger partial charge in [0.15, 0.2) is 6.10 Å². The van der Waals surface area contributed by atoms with Gasteiger partial charge in [0.05, 0.1) is 12.0 Å². The lowest BCUT2D eigenvalue weighted by atomic mass is 9.90. The van der Waals surface area contributed by atoms with Crippen LogP contribution in [0.3, 0.4) is 0 Å². The Balaban J connectivity index is 1.63. The van der Waals surface area contributed by atoms with Crippen LogP contribution in [0.15, 0.2) is 54.6 Å². The summed E-state index contributed by atoms with van der Waals surface area (Å²) in [4.78, 5) is 44.9. The van der Waals surface area contributed by atoms with E-state index in [4.69, 9.17) is 15.3 Å². The summed E-state index contributed by atoms with van der Waals surface area (Å²) in [5.41, 5.74) is 5.45. The Morgan fingerprint density at radius 1 is 1.00 bits per heavy atom. The molecule has 168 valence electrons. The summed E-state index contributed by atoms with van der Waals surface area (Å²) < 4.78 is 5.85. The molecule has 2 aliphatic rings. The third-order valence-electron chi connectivity index (χ3n) is 5.64. The molecule has 0 radical (unpaired) electrons. The van der Waals surface area contributed by atoms with Gasteiger partial charge in [-0.3, -0.25) is 24.1 Å². The monoisotopic (exact) mass is 437 g/mol. The Bertz CT molecular complexity index is 1020. The third-order valence-corrected chi connectivity index (χ3v) is 5.64. The fourth-order valence-corrected chi connectivity index (χ4v) is 4.27. The summed E-state index contributed by atoms with van der Waals surface area (Å²) in [7, 11) is 0. The number of rotatable bonds is 6. The molecule has 2 aromatic rings. The Labute approximate surface area is 186 Å². The average molecular weight is 437 g/mol. The van der Waals surface area contributed by atoms with Crippen LogP contribution in [0.5, 0.6) is 11.5 Å². The van der Waals surface area contributed by atoms with Crippen LogP contribution in [0.1, 0.15) is 38.8 Å². The first-order valence-electron chi connectivity index (χ1n) is 10.6. The zero-order chi connectivity index (χ0) is 23.0. The van der Waals surface area contributed by atoms with Crippen molar-refractivity contribution in [3.63, 3.8) is 0 Å². The molecule has 8 nitrogen and oxygen atoms in total. The Hall–Kier alpha value is -3.23. The minimum Gasteiger partial charge on any atom is -0.457 e. The second kappa shape index (κ2) is 8.37. The topological polar surface area (TPSA) is 102 Å². The molecule has 32 heavy (non-hydrogen) atoms. The summed E-state index contributed by atoms with van der Waals surface area (Å²) in [5, 5.41) is 1.54. The number of hydrogen-bond donors (Lipinski definition) is 1. The van der Waals surface area contributed by atoms with E-state index >= 15 is 0 Å². The minimum atomic E-state index is -0.917. The van der Waals surface area contributed by atoms with Gasteiger partial charge in [-0.1, -0.05) is 30.3 Å². The van der Waals surface area contributed by atoms with Crippen LogP contribution in [-0.2, 0) is 19.2 Å². The first kappa shape index (κ1) is 22.0. The fourth-order valence-electron chi connectivity index (χ4n) is 4.27. The zero-order valence-electron chi connectivity index (χ0n) is 18.4. The number of carbonyl (C=O) groups excluding carboxylic acids is 3. The molecule has 3 unspecified atom stereocenters. The van der Waals surface area contributed by atoms with Gasteiger partial charge in [-0.2, -0.15) is 5.06 Å². The lowest BCUT2D eigenvalue weighted by Gasteiger charge is -2.33. The molecular formula is C24H27N3O5. The van der Waals surface area contributed by atoms with E-state index in [9.17, 15) is 14.4 Å². The lowest BCUT2D eigenvalue weighted by molar-refractivity contribution is -0.182. The number of hydrogen-bond acceptors (Lipinski definition) is 6. The second-order valence-corrected chi connectivity index (χ2v) is 9.02. The number of hydroxylamine groups is 2. The van der Waals surface area contributed by atoms with Crippen LogP contribution in [-0.4, -0.2) is 45.9 Å². The van der Waals surface area contributed by atoms with Crippen LogP contribution in [0.25, 0.3) is 0 Å². The molecule has 3 amide bonds. The predicted octanol–water partition coefficient (Wildman–Crippen LogP) is 2.79. The number of benzene rings is 2. The quantitative estimate of drug-likeness (QED) is 0.698. The highest BCUT2D eigenvalue weighted by Gasteiger charge is 2.61. The van der Waals surface area contributed by atoms with Crippen LogP contribution < -0.4 is 10.5 Å². The van der Waals surface area contributed by atoms with Crippen LogP contribution >= 0.6 is 0 Å². The number of likely N-dealkylation sites (tertiary alicyclic amines) is 1. The molecule has 2 aliphatic heterocycles. The van der Waals surface area contributed by atoms with Gasteiger partial charge >= 0.3 is 0 Å². The summed E-state index contributed by atoms with van der Waals surface area (Å²) in [6.07, 6.45) is -0.865. The Morgan fingerprint density at radius 2 is 1.62 bits per heavy atom. The van der Waals surface area contributed by atoms with E-state index in [2.05, 4.69) is 0 Å². The van der Waals surface area contributed by atoms with Crippen molar-refractivity contribution in [1.29, 1.82) is 0 Å². The number of carbonyl (C=O) groups is 3. The van der Waals surface area contributed by atoms with E-state index in [0.29, 0.717) is 11.5 Å². The molecule has 0 aliphatic carbocycles. The number of primary amides is 1. The summed E-state index contributed by atoms with van der Waals surface area (Å²) in [6, 6.07) is 16.2. The van der Waals surface area contributed by atoms with Gasteiger partial charge in [-0.05, 0) is 50.6 Å². The molecule has 4 rings (SSSR count).